The van der Waals surface area contributed by atoms with Gasteiger partial charge in [0.2, 0.25) is 6.34 Å². The summed E-state index contributed by atoms with van der Waals surface area (Å²) in [6.07, 6.45) is 2.19. The summed E-state index contributed by atoms with van der Waals surface area (Å²) in [4.78, 5) is 2.32. The minimum absolute atomic E-state index is 0.0230. The fraction of sp³-hybridized carbons (Fsp3) is 0.138. The molecule has 0 saturated heterocycles. The summed E-state index contributed by atoms with van der Waals surface area (Å²) in [6, 6.07) is 37.7. The zero-order chi connectivity index (χ0) is 27.1. The van der Waals surface area contributed by atoms with Crippen LogP contribution in [0.4, 0.5) is 28.6 Å². The number of hydrogen-bond acceptors (Lipinski definition) is 3. The van der Waals surface area contributed by atoms with Crippen molar-refractivity contribution in [3.8, 4) is 11.5 Å². The number of rotatable bonds is 6. The van der Waals surface area contributed by atoms with Crippen LogP contribution in [0.2, 0.25) is 0 Å². The molecule has 9 heteroatoms. The molecule has 0 saturated carbocycles. The molecule has 0 radical (unpaired) electrons. The molecule has 5 rings (SSSR count). The maximum Gasteiger partial charge on any atom is 0.673 e. The van der Waals surface area contributed by atoms with Crippen molar-refractivity contribution >= 4 is 25.0 Å². The van der Waals surface area contributed by atoms with E-state index in [4.69, 9.17) is 9.47 Å². The maximum atomic E-state index is 9.75. The molecule has 0 bridgehead atoms. The minimum Gasteiger partial charge on any atom is -0.492 e. The van der Waals surface area contributed by atoms with Crippen molar-refractivity contribution in [2.75, 3.05) is 19.1 Å². The van der Waals surface area contributed by atoms with Gasteiger partial charge in [0.1, 0.15) is 0 Å². The van der Waals surface area contributed by atoms with Gasteiger partial charge in [-0.3, -0.25) is 0 Å². The molecule has 1 aliphatic rings. The first-order chi connectivity index (χ1) is 18.3. The summed E-state index contributed by atoms with van der Waals surface area (Å²) in [6.45, 7) is 0. The van der Waals surface area contributed by atoms with Gasteiger partial charge in [0.15, 0.2) is 35.0 Å². The van der Waals surface area contributed by atoms with Gasteiger partial charge in [-0.25, -0.2) is 9.48 Å². The van der Waals surface area contributed by atoms with Gasteiger partial charge in [-0.2, -0.15) is 0 Å². The van der Waals surface area contributed by atoms with Gasteiger partial charge in [-0.05, 0) is 24.3 Å². The van der Waals surface area contributed by atoms with Gasteiger partial charge < -0.3 is 26.7 Å². The average molecular weight is 522 g/mol. The Labute approximate surface area is 219 Å². The third-order valence-electron chi connectivity index (χ3n) is 6.16. The van der Waals surface area contributed by atoms with Crippen LogP contribution in [0.3, 0.4) is 0 Å². The van der Waals surface area contributed by atoms with E-state index in [2.05, 4.69) is 101 Å². The Kier molecular flexibility index (Phi) is 8.36. The molecule has 38 heavy (non-hydrogen) atoms. The van der Waals surface area contributed by atoms with Gasteiger partial charge >= 0.3 is 7.25 Å². The lowest BCUT2D eigenvalue weighted by molar-refractivity contribution is -0.482. The quantitative estimate of drug-likeness (QED) is 0.148. The van der Waals surface area contributed by atoms with Gasteiger partial charge in [-0.15, -0.1) is 0 Å². The van der Waals surface area contributed by atoms with Gasteiger partial charge in [0.05, 0.1) is 14.2 Å². The molecule has 0 N–H and O–H groups in total. The van der Waals surface area contributed by atoms with E-state index in [0.717, 1.165) is 22.9 Å². The van der Waals surface area contributed by atoms with Crippen molar-refractivity contribution < 1.29 is 31.3 Å². The molecule has 0 fully saturated rings. The monoisotopic (exact) mass is 522 g/mol. The highest BCUT2D eigenvalue weighted by Gasteiger charge is 2.47. The van der Waals surface area contributed by atoms with Crippen molar-refractivity contribution in [1.82, 2.24) is 0 Å². The fourth-order valence-electron chi connectivity index (χ4n) is 4.68. The molecule has 4 aromatic carbocycles. The lowest BCUT2D eigenvalue weighted by Crippen LogP contribution is -2.26. The fourth-order valence-corrected chi connectivity index (χ4v) is 4.68. The second-order valence-corrected chi connectivity index (χ2v) is 8.48. The second-order valence-electron chi connectivity index (χ2n) is 8.48. The van der Waals surface area contributed by atoms with E-state index >= 15 is 0 Å². The molecule has 4 nitrogen and oxygen atoms in total. The van der Waals surface area contributed by atoms with E-state index in [9.17, 15) is 17.3 Å². The number of ether oxygens (including phenoxy) is 2. The largest absolute Gasteiger partial charge is 0.673 e. The average Bonchev–Trinajstić information content (AvgIpc) is 3.33. The Morgan fingerprint density at radius 3 is 1.68 bits per heavy atom. The van der Waals surface area contributed by atoms with Crippen LogP contribution in [0.25, 0.3) is 0 Å². The van der Waals surface area contributed by atoms with Crippen molar-refractivity contribution in [3.05, 3.63) is 120 Å². The van der Waals surface area contributed by atoms with Crippen LogP contribution in [0.5, 0.6) is 11.5 Å². The molecule has 0 aliphatic carbocycles. The Morgan fingerprint density at radius 1 is 0.632 bits per heavy atom. The Hall–Kier alpha value is -4.27. The first-order valence-electron chi connectivity index (χ1n) is 12.0. The normalized spacial score (nSPS) is 16.8. The molecule has 1 aliphatic heterocycles. The molecule has 0 amide bonds. The van der Waals surface area contributed by atoms with Crippen LogP contribution in [0.15, 0.2) is 109 Å². The zero-order valence-electron chi connectivity index (χ0n) is 20.9. The lowest BCUT2D eigenvalue weighted by atomic mass is 9.92. The Morgan fingerprint density at radius 2 is 1.11 bits per heavy atom. The smallest absolute Gasteiger partial charge is 0.492 e. The van der Waals surface area contributed by atoms with Crippen LogP contribution < -0.4 is 14.4 Å². The van der Waals surface area contributed by atoms with Crippen LogP contribution >= 0.6 is 0 Å². The number of hydrogen-bond donors (Lipinski definition) is 0. The van der Waals surface area contributed by atoms with E-state index in [-0.39, 0.29) is 12.1 Å². The maximum absolute atomic E-state index is 9.75. The van der Waals surface area contributed by atoms with E-state index in [1.165, 1.54) is 11.1 Å². The number of para-hydroxylation sites is 4. The van der Waals surface area contributed by atoms with E-state index in [1.807, 2.05) is 24.3 Å². The van der Waals surface area contributed by atoms with Crippen molar-refractivity contribution in [2.24, 2.45) is 0 Å². The summed E-state index contributed by atoms with van der Waals surface area (Å²) >= 11 is 0. The number of halogens is 4. The number of anilines is 1. The number of methoxy groups -OCH3 is 2. The molecule has 0 aromatic heterocycles. The van der Waals surface area contributed by atoms with Crippen LogP contribution in [0, 0.1) is 0 Å². The molecule has 2 unspecified atom stereocenters. The topological polar surface area (TPSA) is 24.7 Å². The first-order valence-corrected chi connectivity index (χ1v) is 12.0. The lowest BCUT2D eigenvalue weighted by Gasteiger charge is -2.25. The SMILES string of the molecule is COc1ccccc1N1C=[N+](c2ccccc2OC)C(c2ccccc2)C1c1ccccc1.F[B-](F)(F)F. The highest BCUT2D eigenvalue weighted by Crippen LogP contribution is 2.48. The van der Waals surface area contributed by atoms with Gasteiger partial charge in [0, 0.05) is 11.1 Å². The number of nitrogens with zero attached hydrogens (tertiary/aromatic N) is 2. The molecule has 4 aromatic rings. The van der Waals surface area contributed by atoms with Gasteiger partial charge in [-0.1, -0.05) is 84.9 Å². The molecular weight excluding hydrogens is 495 g/mol. The molecule has 196 valence electrons. The summed E-state index contributed by atoms with van der Waals surface area (Å²) < 4.78 is 52.8. The first kappa shape index (κ1) is 26.8. The summed E-state index contributed by atoms with van der Waals surface area (Å²) in [5, 5.41) is 0. The molecule has 0 spiro atoms. The molecule has 1 heterocycles. The van der Waals surface area contributed by atoms with E-state index in [1.54, 1.807) is 14.2 Å². The molecule has 2 atom stereocenters. The van der Waals surface area contributed by atoms with Crippen LogP contribution in [-0.2, 0) is 0 Å². The predicted molar refractivity (Wildman–Crippen MR) is 143 cm³/mol. The van der Waals surface area contributed by atoms with E-state index < -0.39 is 7.25 Å². The predicted octanol–water partition coefficient (Wildman–Crippen LogP) is 7.68. The zero-order valence-corrected chi connectivity index (χ0v) is 20.9. The summed E-state index contributed by atoms with van der Waals surface area (Å²) in [5.41, 5.74) is 4.50. The standard InChI is InChI=1S/C29H27N2O2.BF4/c1-32-26-19-11-9-17-24(26)30-21-31(25-18-10-12-20-27(25)33-2)29(23-15-7-4-8-16-23)28(30)22-13-5-3-6-14-22;2-1(3,4)5/h3-21,28-29H,1-2H3;/q+1;-1. The minimum atomic E-state index is -6.00. The van der Waals surface area contributed by atoms with Crippen LogP contribution in [-0.4, -0.2) is 32.4 Å². The third kappa shape index (κ3) is 6.16. The Bertz CT molecular complexity index is 1360. The van der Waals surface area contributed by atoms with E-state index in [0.29, 0.717) is 0 Å². The van der Waals surface area contributed by atoms with Crippen LogP contribution in [0.1, 0.15) is 23.2 Å². The summed E-state index contributed by atoms with van der Waals surface area (Å²) in [5.74, 6) is 1.67. The number of benzene rings is 4. The van der Waals surface area contributed by atoms with Crippen molar-refractivity contribution in [2.45, 2.75) is 12.1 Å². The van der Waals surface area contributed by atoms with Gasteiger partial charge in [0.25, 0.3) is 0 Å². The highest BCUT2D eigenvalue weighted by atomic mass is 19.5. The third-order valence-corrected chi connectivity index (χ3v) is 6.16. The Balaban J connectivity index is 0.000000617. The highest BCUT2D eigenvalue weighted by molar-refractivity contribution is 6.50. The summed E-state index contributed by atoms with van der Waals surface area (Å²) in [7, 11) is -2.56. The second kappa shape index (κ2) is 11.9. The van der Waals surface area contributed by atoms with Crippen molar-refractivity contribution in [3.63, 3.8) is 0 Å². The molecular formula is C29H27BF4N2O2. The van der Waals surface area contributed by atoms with Crippen molar-refractivity contribution in [1.29, 1.82) is 0 Å².